The maximum absolute atomic E-state index is 6.04. The normalized spacial score (nSPS) is 12.4. The van der Waals surface area contributed by atoms with Crippen LogP contribution in [0.15, 0.2) is 40.9 Å². The summed E-state index contributed by atoms with van der Waals surface area (Å²) in [5, 5.41) is 1.12. The Morgan fingerprint density at radius 2 is 1.90 bits per heavy atom. The predicted molar refractivity (Wildman–Crippen MR) is 89.1 cm³/mol. The van der Waals surface area contributed by atoms with Crippen molar-refractivity contribution in [1.82, 2.24) is 5.43 Å². The van der Waals surface area contributed by atoms with Crippen molar-refractivity contribution in [2.45, 2.75) is 19.4 Å². The Labute approximate surface area is 137 Å². The summed E-state index contributed by atoms with van der Waals surface area (Å²) in [6.45, 7) is 2.05. The number of nitrogens with two attached hydrogens (primary N) is 1. The van der Waals surface area contributed by atoms with Crippen LogP contribution in [0, 0.1) is 6.92 Å². The summed E-state index contributed by atoms with van der Waals surface area (Å²) in [5.74, 6) is 5.68. The molecule has 0 radical (unpaired) electrons. The van der Waals surface area contributed by atoms with Crippen LogP contribution in [0.1, 0.15) is 22.7 Å². The van der Waals surface area contributed by atoms with Crippen LogP contribution in [0.25, 0.3) is 0 Å². The van der Waals surface area contributed by atoms with Crippen LogP contribution in [-0.4, -0.2) is 0 Å². The molecule has 0 aromatic heterocycles. The van der Waals surface area contributed by atoms with E-state index in [4.69, 9.17) is 29.0 Å². The summed E-state index contributed by atoms with van der Waals surface area (Å²) in [4.78, 5) is 0. The Bertz CT molecular complexity index is 617. The molecule has 1 unspecified atom stereocenters. The fourth-order valence-electron chi connectivity index (χ4n) is 2.00. The van der Waals surface area contributed by atoms with Crippen molar-refractivity contribution >= 4 is 39.1 Å². The summed E-state index contributed by atoms with van der Waals surface area (Å²) in [6.07, 6.45) is 0.739. The summed E-state index contributed by atoms with van der Waals surface area (Å²) in [7, 11) is 0. The van der Waals surface area contributed by atoms with Gasteiger partial charge in [-0.2, -0.15) is 0 Å². The van der Waals surface area contributed by atoms with Crippen molar-refractivity contribution in [3.05, 3.63) is 67.6 Å². The first kappa shape index (κ1) is 15.8. The third kappa shape index (κ3) is 3.74. The molecule has 20 heavy (non-hydrogen) atoms. The first-order chi connectivity index (χ1) is 9.51. The van der Waals surface area contributed by atoms with Gasteiger partial charge in [0.1, 0.15) is 0 Å². The van der Waals surface area contributed by atoms with E-state index in [1.54, 1.807) is 6.07 Å². The topological polar surface area (TPSA) is 38.0 Å². The molecule has 0 aliphatic carbocycles. The molecule has 0 heterocycles. The maximum atomic E-state index is 6.04. The minimum absolute atomic E-state index is 0.0177. The molecule has 1 atom stereocenters. The van der Waals surface area contributed by atoms with Gasteiger partial charge in [0.25, 0.3) is 0 Å². The van der Waals surface area contributed by atoms with Crippen LogP contribution in [0.3, 0.4) is 0 Å². The summed E-state index contributed by atoms with van der Waals surface area (Å²) < 4.78 is 1.07. The van der Waals surface area contributed by atoms with E-state index in [-0.39, 0.29) is 6.04 Å². The molecule has 2 rings (SSSR count). The molecule has 0 fully saturated rings. The molecule has 2 aromatic rings. The molecular weight excluding hydrogens is 359 g/mol. The molecule has 106 valence electrons. The predicted octanol–water partition coefficient (Wildman–Crippen LogP) is 4.81. The SMILES string of the molecule is Cc1ccc(C(Cc2ccc(Cl)c(Cl)c2)NN)cc1Br. The first-order valence-electron chi connectivity index (χ1n) is 6.17. The van der Waals surface area contributed by atoms with Gasteiger partial charge < -0.3 is 0 Å². The highest BCUT2D eigenvalue weighted by Gasteiger charge is 2.12. The zero-order chi connectivity index (χ0) is 14.7. The largest absolute Gasteiger partial charge is 0.271 e. The average molecular weight is 374 g/mol. The Morgan fingerprint density at radius 3 is 2.50 bits per heavy atom. The second-order valence-electron chi connectivity index (χ2n) is 4.68. The van der Waals surface area contributed by atoms with Gasteiger partial charge in [-0.05, 0) is 48.2 Å². The Kier molecular flexibility index (Phi) is 5.47. The third-order valence-corrected chi connectivity index (χ3v) is 4.82. The van der Waals surface area contributed by atoms with Gasteiger partial charge in [-0.1, -0.05) is 57.3 Å². The number of hydrogen-bond donors (Lipinski definition) is 2. The van der Waals surface area contributed by atoms with Gasteiger partial charge in [-0.25, -0.2) is 0 Å². The van der Waals surface area contributed by atoms with Crippen LogP contribution in [0.2, 0.25) is 10.0 Å². The zero-order valence-electron chi connectivity index (χ0n) is 11.0. The quantitative estimate of drug-likeness (QED) is 0.596. The lowest BCUT2D eigenvalue weighted by Gasteiger charge is -2.17. The molecule has 0 spiro atoms. The van der Waals surface area contributed by atoms with Crippen molar-refractivity contribution in [1.29, 1.82) is 0 Å². The molecule has 5 heteroatoms. The van der Waals surface area contributed by atoms with Gasteiger partial charge in [-0.15, -0.1) is 0 Å². The number of aryl methyl sites for hydroxylation is 1. The molecule has 2 aromatic carbocycles. The molecule has 2 nitrogen and oxygen atoms in total. The molecular formula is C15H15BrCl2N2. The molecule has 0 aliphatic heterocycles. The van der Waals surface area contributed by atoms with E-state index in [0.29, 0.717) is 10.0 Å². The summed E-state index contributed by atoms with van der Waals surface area (Å²) in [6, 6.07) is 11.9. The highest BCUT2D eigenvalue weighted by Crippen LogP contribution is 2.27. The summed E-state index contributed by atoms with van der Waals surface area (Å²) in [5.41, 5.74) is 6.25. The van der Waals surface area contributed by atoms with E-state index in [2.05, 4.69) is 46.5 Å². The van der Waals surface area contributed by atoms with E-state index in [9.17, 15) is 0 Å². The summed E-state index contributed by atoms with van der Waals surface area (Å²) >= 11 is 15.5. The molecule has 0 saturated heterocycles. The van der Waals surface area contributed by atoms with Crippen LogP contribution in [0.5, 0.6) is 0 Å². The van der Waals surface area contributed by atoms with Crippen molar-refractivity contribution in [3.8, 4) is 0 Å². The minimum atomic E-state index is 0.0177. The molecule has 0 bridgehead atoms. The highest BCUT2D eigenvalue weighted by molar-refractivity contribution is 9.10. The standard InChI is InChI=1S/C15H15BrCl2N2/c1-9-2-4-11(8-12(9)16)15(20-19)7-10-3-5-13(17)14(18)6-10/h2-6,8,15,20H,7,19H2,1H3. The van der Waals surface area contributed by atoms with Gasteiger partial charge in [0.2, 0.25) is 0 Å². The minimum Gasteiger partial charge on any atom is -0.271 e. The van der Waals surface area contributed by atoms with Crippen molar-refractivity contribution in [3.63, 3.8) is 0 Å². The smallest absolute Gasteiger partial charge is 0.0595 e. The van der Waals surface area contributed by atoms with E-state index in [1.807, 2.05) is 12.1 Å². The van der Waals surface area contributed by atoms with E-state index in [1.165, 1.54) is 5.56 Å². The average Bonchev–Trinajstić information content (AvgIpc) is 2.43. The van der Waals surface area contributed by atoms with Crippen LogP contribution < -0.4 is 11.3 Å². The number of hydrazine groups is 1. The number of hydrogen-bond acceptors (Lipinski definition) is 2. The fraction of sp³-hybridized carbons (Fsp3) is 0.200. The fourth-order valence-corrected chi connectivity index (χ4v) is 2.72. The van der Waals surface area contributed by atoms with Gasteiger partial charge in [0, 0.05) is 4.47 Å². The van der Waals surface area contributed by atoms with Crippen molar-refractivity contribution in [2.24, 2.45) is 5.84 Å². The van der Waals surface area contributed by atoms with Gasteiger partial charge in [0.05, 0.1) is 16.1 Å². The lowest BCUT2D eigenvalue weighted by Crippen LogP contribution is -2.29. The van der Waals surface area contributed by atoms with Gasteiger partial charge >= 0.3 is 0 Å². The monoisotopic (exact) mass is 372 g/mol. The molecule has 0 amide bonds. The van der Waals surface area contributed by atoms with Gasteiger partial charge in [-0.3, -0.25) is 11.3 Å². The third-order valence-electron chi connectivity index (χ3n) is 3.22. The number of rotatable bonds is 4. The Morgan fingerprint density at radius 1 is 1.15 bits per heavy atom. The zero-order valence-corrected chi connectivity index (χ0v) is 14.1. The van der Waals surface area contributed by atoms with E-state index < -0.39 is 0 Å². The van der Waals surface area contributed by atoms with E-state index >= 15 is 0 Å². The maximum Gasteiger partial charge on any atom is 0.0595 e. The number of nitrogens with one attached hydrogen (secondary N) is 1. The Balaban J connectivity index is 2.23. The van der Waals surface area contributed by atoms with Crippen LogP contribution >= 0.6 is 39.1 Å². The van der Waals surface area contributed by atoms with Crippen LogP contribution in [0.4, 0.5) is 0 Å². The second kappa shape index (κ2) is 6.92. The van der Waals surface area contributed by atoms with Crippen molar-refractivity contribution in [2.75, 3.05) is 0 Å². The van der Waals surface area contributed by atoms with E-state index in [0.717, 1.165) is 22.0 Å². The molecule has 0 aliphatic rings. The lowest BCUT2D eigenvalue weighted by molar-refractivity contribution is 0.551. The lowest BCUT2D eigenvalue weighted by atomic mass is 9.98. The second-order valence-corrected chi connectivity index (χ2v) is 6.35. The first-order valence-corrected chi connectivity index (χ1v) is 7.72. The van der Waals surface area contributed by atoms with Crippen LogP contribution in [-0.2, 0) is 6.42 Å². The highest BCUT2D eigenvalue weighted by atomic mass is 79.9. The molecule has 0 saturated carbocycles. The number of benzene rings is 2. The van der Waals surface area contributed by atoms with Crippen molar-refractivity contribution < 1.29 is 0 Å². The van der Waals surface area contributed by atoms with Gasteiger partial charge in [0.15, 0.2) is 0 Å². The molecule has 3 N–H and O–H groups in total. The number of halogens is 3. The Hall–Kier alpha value is -0.580.